The number of hydrogen-bond acceptors (Lipinski definition) is 10. The SMILES string of the molecule is C=C(C)C(=O)O.C=C(C)C(=O)OCCN(C)C.C=C(C)C(=O)Oc1ccc(O)cc1.O=C1OC2CC3CC1C2O3. The van der Waals surface area contributed by atoms with Crippen LogP contribution in [0.3, 0.4) is 0 Å². The second-order valence-electron chi connectivity index (χ2n) is 9.74. The van der Waals surface area contributed by atoms with E-state index in [1.807, 2.05) is 19.0 Å². The minimum absolute atomic E-state index is 0.0324. The Hall–Kier alpha value is -3.96. The van der Waals surface area contributed by atoms with Crippen molar-refractivity contribution in [3.05, 3.63) is 60.7 Å². The zero-order chi connectivity index (χ0) is 30.6. The number of aliphatic carboxylic acids is 1. The lowest BCUT2D eigenvalue weighted by atomic mass is 9.90. The van der Waals surface area contributed by atoms with Crippen molar-refractivity contribution in [2.75, 3.05) is 27.2 Å². The number of phenols is 1. The fourth-order valence-corrected chi connectivity index (χ4v) is 3.42. The van der Waals surface area contributed by atoms with E-state index in [-0.39, 0.29) is 41.4 Å². The number of carbonyl (C=O) groups is 4. The molecule has 2 bridgehead atoms. The lowest BCUT2D eigenvalue weighted by molar-refractivity contribution is -0.143. The zero-order valence-corrected chi connectivity index (χ0v) is 23.7. The number of carboxylic acid groups (broad SMARTS) is 1. The molecule has 4 rings (SSSR count). The summed E-state index contributed by atoms with van der Waals surface area (Å²) in [6.07, 6.45) is 2.40. The molecule has 3 aliphatic heterocycles. The van der Waals surface area contributed by atoms with E-state index in [1.165, 1.54) is 31.2 Å². The summed E-state index contributed by atoms with van der Waals surface area (Å²) in [5.41, 5.74) is 0.965. The van der Waals surface area contributed by atoms with Crippen molar-refractivity contribution in [2.24, 2.45) is 5.92 Å². The van der Waals surface area contributed by atoms with Crippen LogP contribution in [0.15, 0.2) is 60.7 Å². The van der Waals surface area contributed by atoms with Gasteiger partial charge in [0, 0.05) is 29.7 Å². The Morgan fingerprint density at radius 1 is 0.975 bits per heavy atom. The second kappa shape index (κ2) is 16.2. The van der Waals surface area contributed by atoms with Gasteiger partial charge in [-0.05, 0) is 65.6 Å². The van der Waals surface area contributed by atoms with E-state index < -0.39 is 11.9 Å². The summed E-state index contributed by atoms with van der Waals surface area (Å²) in [5.74, 6) is -1.13. The van der Waals surface area contributed by atoms with Crippen LogP contribution in [0.5, 0.6) is 11.5 Å². The summed E-state index contributed by atoms with van der Waals surface area (Å²) in [7, 11) is 3.85. The zero-order valence-electron chi connectivity index (χ0n) is 23.7. The third-order valence-electron chi connectivity index (χ3n) is 5.58. The first kappa shape index (κ1) is 34.1. The van der Waals surface area contributed by atoms with Crippen molar-refractivity contribution in [3.63, 3.8) is 0 Å². The van der Waals surface area contributed by atoms with Crippen molar-refractivity contribution in [1.82, 2.24) is 4.90 Å². The fourth-order valence-electron chi connectivity index (χ4n) is 3.42. The van der Waals surface area contributed by atoms with Crippen LogP contribution >= 0.6 is 0 Å². The average Bonchev–Trinajstić information content (AvgIpc) is 3.50. The molecule has 1 aromatic carbocycles. The molecule has 3 fully saturated rings. The maximum absolute atomic E-state index is 11.0. The molecule has 11 heteroatoms. The third kappa shape index (κ3) is 11.8. The molecule has 4 unspecified atom stereocenters. The first-order valence-corrected chi connectivity index (χ1v) is 12.5. The molecule has 40 heavy (non-hydrogen) atoms. The van der Waals surface area contributed by atoms with E-state index in [0.717, 1.165) is 19.4 Å². The summed E-state index contributed by atoms with van der Waals surface area (Å²) >= 11 is 0. The van der Waals surface area contributed by atoms with E-state index in [9.17, 15) is 19.2 Å². The van der Waals surface area contributed by atoms with Crippen LogP contribution in [-0.2, 0) is 33.4 Å². The highest BCUT2D eigenvalue weighted by atomic mass is 16.6. The molecule has 0 aromatic heterocycles. The Bertz CT molecular complexity index is 1080. The van der Waals surface area contributed by atoms with Crippen molar-refractivity contribution in [3.8, 4) is 11.5 Å². The number of rotatable bonds is 7. The van der Waals surface area contributed by atoms with Crippen LogP contribution in [0.25, 0.3) is 0 Å². The average molecular weight is 562 g/mol. The molecular formula is C29H39NO10. The Morgan fingerprint density at radius 3 is 1.93 bits per heavy atom. The standard InChI is InChI=1S/C10H10O3.C8H15NO2.C7H8O3.C4H6O2/c1-7(2)10(12)13-9-5-3-8(11)4-6-9;1-7(2)8(10)11-6-5-9(3)4;8-7-4-1-3-2-5(10-7)6(4)9-3;1-3(2)4(5)6/h3-6,11H,1H2,2H3;1,5-6H2,2-4H3;3-6H,1-2H2;1H2,2H3,(H,5,6). The van der Waals surface area contributed by atoms with Crippen LogP contribution in [0.2, 0.25) is 0 Å². The molecule has 0 radical (unpaired) electrons. The van der Waals surface area contributed by atoms with Gasteiger partial charge in [-0.1, -0.05) is 19.7 Å². The van der Waals surface area contributed by atoms with Gasteiger partial charge in [-0.25, -0.2) is 14.4 Å². The van der Waals surface area contributed by atoms with Gasteiger partial charge in [0.25, 0.3) is 0 Å². The van der Waals surface area contributed by atoms with Crippen LogP contribution in [0.1, 0.15) is 33.6 Å². The molecule has 0 spiro atoms. The Morgan fingerprint density at radius 2 is 1.52 bits per heavy atom. The van der Waals surface area contributed by atoms with Gasteiger partial charge in [0.05, 0.1) is 12.0 Å². The minimum Gasteiger partial charge on any atom is -0.508 e. The number of aromatic hydroxyl groups is 1. The number of carboxylic acids is 1. The summed E-state index contributed by atoms with van der Waals surface area (Å²) in [5, 5.41) is 16.8. The third-order valence-corrected chi connectivity index (χ3v) is 5.58. The number of phenolic OH excluding ortho intramolecular Hbond substituents is 1. The van der Waals surface area contributed by atoms with E-state index >= 15 is 0 Å². The monoisotopic (exact) mass is 561 g/mol. The molecule has 11 nitrogen and oxygen atoms in total. The molecule has 0 saturated carbocycles. The van der Waals surface area contributed by atoms with Crippen molar-refractivity contribution in [1.29, 1.82) is 0 Å². The van der Waals surface area contributed by atoms with Crippen LogP contribution in [0, 0.1) is 5.92 Å². The van der Waals surface area contributed by atoms with Crippen molar-refractivity contribution < 1.29 is 48.3 Å². The second-order valence-corrected chi connectivity index (χ2v) is 9.74. The van der Waals surface area contributed by atoms with Gasteiger partial charge in [0.2, 0.25) is 0 Å². The molecule has 2 N–H and O–H groups in total. The number of hydrogen-bond donors (Lipinski definition) is 2. The highest BCUT2D eigenvalue weighted by molar-refractivity contribution is 5.88. The predicted octanol–water partition coefficient (Wildman–Crippen LogP) is 3.28. The first-order valence-electron chi connectivity index (χ1n) is 12.5. The summed E-state index contributed by atoms with van der Waals surface area (Å²) in [6, 6.07) is 5.91. The Labute approximate surface area is 234 Å². The van der Waals surface area contributed by atoms with E-state index in [1.54, 1.807) is 13.8 Å². The number of carbonyl (C=O) groups excluding carboxylic acids is 3. The van der Waals surface area contributed by atoms with E-state index in [0.29, 0.717) is 29.6 Å². The molecule has 0 amide bonds. The largest absolute Gasteiger partial charge is 0.508 e. The highest BCUT2D eigenvalue weighted by Gasteiger charge is 2.58. The molecular weight excluding hydrogens is 522 g/mol. The van der Waals surface area contributed by atoms with Gasteiger partial charge in [0.1, 0.15) is 30.3 Å². The molecule has 3 aliphatic rings. The number of benzene rings is 1. The van der Waals surface area contributed by atoms with Crippen LogP contribution in [-0.4, -0.2) is 84.5 Å². The molecule has 3 saturated heterocycles. The van der Waals surface area contributed by atoms with Gasteiger partial charge >= 0.3 is 23.9 Å². The van der Waals surface area contributed by atoms with Gasteiger partial charge in [-0.15, -0.1) is 0 Å². The van der Waals surface area contributed by atoms with Crippen LogP contribution in [0.4, 0.5) is 0 Å². The van der Waals surface area contributed by atoms with E-state index in [4.69, 9.17) is 29.2 Å². The lowest BCUT2D eigenvalue weighted by Gasteiger charge is -2.09. The summed E-state index contributed by atoms with van der Waals surface area (Å²) < 4.78 is 20.3. The number of ether oxygens (including phenoxy) is 4. The quantitative estimate of drug-likeness (QED) is 0.287. The first-order chi connectivity index (χ1) is 18.6. The van der Waals surface area contributed by atoms with Crippen molar-refractivity contribution >= 4 is 23.9 Å². The maximum Gasteiger partial charge on any atom is 0.338 e. The molecule has 0 aliphatic carbocycles. The normalized spacial score (nSPS) is 20.8. The summed E-state index contributed by atoms with van der Waals surface area (Å²) in [6.45, 7) is 15.9. The Balaban J connectivity index is 0.000000275. The van der Waals surface area contributed by atoms with Gasteiger partial charge < -0.3 is 34.1 Å². The topological polar surface area (TPSA) is 149 Å². The van der Waals surface area contributed by atoms with Crippen molar-refractivity contribution in [2.45, 2.75) is 51.9 Å². The Kier molecular flexibility index (Phi) is 13.8. The fraction of sp³-hybridized carbons (Fsp3) is 0.448. The molecule has 3 heterocycles. The highest BCUT2D eigenvalue weighted by Crippen LogP contribution is 2.45. The number of nitrogens with zero attached hydrogens (tertiary/aromatic N) is 1. The minimum atomic E-state index is -0.935. The predicted molar refractivity (Wildman–Crippen MR) is 147 cm³/mol. The summed E-state index contributed by atoms with van der Waals surface area (Å²) in [4.78, 5) is 44.3. The molecule has 1 aromatic rings. The number of fused-ring (bicyclic) bond motifs is 1. The van der Waals surface area contributed by atoms with Gasteiger partial charge in [-0.3, -0.25) is 4.79 Å². The lowest BCUT2D eigenvalue weighted by Crippen LogP contribution is -2.22. The van der Waals surface area contributed by atoms with Gasteiger partial charge in [-0.2, -0.15) is 0 Å². The number of likely N-dealkylation sites (N-methyl/N-ethyl adjacent to an activating group) is 1. The molecule has 220 valence electrons. The smallest absolute Gasteiger partial charge is 0.338 e. The van der Waals surface area contributed by atoms with Gasteiger partial charge in [0.15, 0.2) is 0 Å². The maximum atomic E-state index is 11.0. The van der Waals surface area contributed by atoms with Crippen LogP contribution < -0.4 is 4.74 Å². The number of esters is 3. The van der Waals surface area contributed by atoms with E-state index in [2.05, 4.69) is 19.7 Å². The molecule has 4 atom stereocenters.